The Balaban J connectivity index is 1.99. The van der Waals surface area contributed by atoms with E-state index in [0.717, 1.165) is 5.56 Å². The molecular formula is C14H19NO4Si. The Hall–Kier alpha value is -1.82. The lowest BCUT2D eigenvalue weighted by atomic mass is 10.2. The molecule has 1 atom stereocenters. The number of benzene rings is 1. The monoisotopic (exact) mass is 293 g/mol. The number of carbonyl (C=O) groups excluding carboxylic acids is 1. The highest BCUT2D eigenvalue weighted by Gasteiger charge is 2.45. The van der Waals surface area contributed by atoms with Crippen molar-refractivity contribution in [2.45, 2.75) is 31.8 Å². The average Bonchev–Trinajstić information content (AvgIpc) is 2.74. The van der Waals surface area contributed by atoms with E-state index >= 15 is 0 Å². The molecule has 0 radical (unpaired) electrons. The van der Waals surface area contributed by atoms with Crippen LogP contribution >= 0.6 is 0 Å². The largest absolute Gasteiger partial charge is 0.480 e. The van der Waals surface area contributed by atoms with Crippen LogP contribution in [0.15, 0.2) is 30.3 Å². The number of carboxylic acid groups (broad SMARTS) is 1. The van der Waals surface area contributed by atoms with Crippen molar-refractivity contribution in [2.75, 3.05) is 6.17 Å². The molecule has 1 aliphatic heterocycles. The lowest BCUT2D eigenvalue weighted by Gasteiger charge is -2.21. The molecule has 20 heavy (non-hydrogen) atoms. The van der Waals surface area contributed by atoms with Crippen LogP contribution in [0, 0.1) is 0 Å². The van der Waals surface area contributed by atoms with E-state index in [-0.39, 0.29) is 6.61 Å². The summed E-state index contributed by atoms with van der Waals surface area (Å²) >= 11 is 0. The highest BCUT2D eigenvalue weighted by atomic mass is 28.3. The van der Waals surface area contributed by atoms with Gasteiger partial charge in [-0.1, -0.05) is 43.4 Å². The van der Waals surface area contributed by atoms with Crippen molar-refractivity contribution in [1.29, 1.82) is 0 Å². The average molecular weight is 293 g/mol. The summed E-state index contributed by atoms with van der Waals surface area (Å²) in [7, 11) is -1.66. The molecule has 1 aromatic rings. The van der Waals surface area contributed by atoms with E-state index in [4.69, 9.17) is 4.74 Å². The smallest absolute Gasteiger partial charge is 0.410 e. The number of ether oxygens (including phenoxy) is 1. The Labute approximate surface area is 119 Å². The summed E-state index contributed by atoms with van der Waals surface area (Å²) in [4.78, 5) is 24.7. The number of nitrogens with zero attached hydrogens (tertiary/aromatic N) is 1. The van der Waals surface area contributed by atoms with E-state index < -0.39 is 26.2 Å². The zero-order valence-electron chi connectivity index (χ0n) is 11.7. The predicted molar refractivity (Wildman–Crippen MR) is 77.0 cm³/mol. The van der Waals surface area contributed by atoms with E-state index in [1.807, 2.05) is 30.3 Å². The molecule has 1 saturated heterocycles. The van der Waals surface area contributed by atoms with Gasteiger partial charge >= 0.3 is 12.1 Å². The normalized spacial score (nSPS) is 20.7. The fraction of sp³-hybridized carbons (Fsp3) is 0.429. The van der Waals surface area contributed by atoms with Crippen molar-refractivity contribution in [3.8, 4) is 0 Å². The third kappa shape index (κ3) is 3.39. The topological polar surface area (TPSA) is 66.8 Å². The second-order valence-electron chi connectivity index (χ2n) is 5.89. The Morgan fingerprint density at radius 1 is 1.35 bits per heavy atom. The number of hydrogen-bond acceptors (Lipinski definition) is 3. The van der Waals surface area contributed by atoms with Crippen LogP contribution in [0.25, 0.3) is 0 Å². The van der Waals surface area contributed by atoms with Gasteiger partial charge in [-0.2, -0.15) is 0 Å². The third-order valence-corrected chi connectivity index (χ3v) is 6.13. The molecule has 1 aromatic carbocycles. The molecule has 0 spiro atoms. The van der Waals surface area contributed by atoms with Crippen LogP contribution in [0.3, 0.4) is 0 Å². The van der Waals surface area contributed by atoms with Gasteiger partial charge < -0.3 is 9.84 Å². The van der Waals surface area contributed by atoms with E-state index in [2.05, 4.69) is 13.1 Å². The van der Waals surface area contributed by atoms with Gasteiger partial charge in [0.15, 0.2) is 0 Å². The molecule has 1 fully saturated rings. The predicted octanol–water partition coefficient (Wildman–Crippen LogP) is 2.34. The third-order valence-electron chi connectivity index (χ3n) is 3.45. The van der Waals surface area contributed by atoms with Crippen molar-refractivity contribution in [1.82, 2.24) is 4.90 Å². The Bertz CT molecular complexity index is 503. The molecular weight excluding hydrogens is 274 g/mol. The lowest BCUT2D eigenvalue weighted by molar-refractivity contribution is -0.141. The van der Waals surface area contributed by atoms with E-state index in [0.29, 0.717) is 12.2 Å². The number of hydrogen-bond donors (Lipinski definition) is 1. The molecule has 1 aliphatic rings. The summed E-state index contributed by atoms with van der Waals surface area (Å²) in [5, 5.41) is 9.22. The van der Waals surface area contributed by atoms with Crippen molar-refractivity contribution in [3.05, 3.63) is 35.9 Å². The van der Waals surface area contributed by atoms with Crippen LogP contribution in [0.2, 0.25) is 19.1 Å². The summed E-state index contributed by atoms with van der Waals surface area (Å²) in [6.07, 6.45) is 0.0109. The minimum absolute atomic E-state index is 0.171. The zero-order valence-corrected chi connectivity index (χ0v) is 12.7. The fourth-order valence-corrected chi connectivity index (χ4v) is 5.33. The summed E-state index contributed by atoms with van der Waals surface area (Å²) < 4.78 is 5.23. The first kappa shape index (κ1) is 14.6. The molecule has 0 bridgehead atoms. The number of carbonyl (C=O) groups is 2. The number of carboxylic acids is 1. The maximum Gasteiger partial charge on any atom is 0.410 e. The Morgan fingerprint density at radius 3 is 2.60 bits per heavy atom. The van der Waals surface area contributed by atoms with E-state index in [9.17, 15) is 14.7 Å². The number of aliphatic carboxylic acids is 1. The highest BCUT2D eigenvalue weighted by molar-refractivity contribution is 6.78. The van der Waals surface area contributed by atoms with Crippen LogP contribution in [0.1, 0.15) is 5.56 Å². The van der Waals surface area contributed by atoms with E-state index in [1.54, 1.807) is 0 Å². The molecule has 5 nitrogen and oxygen atoms in total. The second-order valence-corrected chi connectivity index (χ2v) is 10.9. The van der Waals surface area contributed by atoms with Crippen LogP contribution in [-0.4, -0.2) is 42.4 Å². The Morgan fingerprint density at radius 2 is 2.00 bits per heavy atom. The van der Waals surface area contributed by atoms with Gasteiger partial charge in [0.25, 0.3) is 0 Å². The molecule has 0 aliphatic carbocycles. The molecule has 2 rings (SSSR count). The maximum atomic E-state index is 12.1. The zero-order chi connectivity index (χ0) is 14.8. The molecule has 1 N–H and O–H groups in total. The standard InChI is InChI=1S/C14H19NO4Si/c1-20(2)9-12(13(16)17)15(10-20)14(18)19-8-11-6-4-3-5-7-11/h3-7,12H,8-10H2,1-2H3,(H,16,17). The van der Waals surface area contributed by atoms with Crippen molar-refractivity contribution in [3.63, 3.8) is 0 Å². The SMILES string of the molecule is C[Si]1(C)CC(C(=O)O)N(C(=O)OCc2ccccc2)C1. The first-order chi connectivity index (χ1) is 9.39. The molecule has 1 unspecified atom stereocenters. The first-order valence-corrected chi connectivity index (χ1v) is 10.0. The molecule has 108 valence electrons. The summed E-state index contributed by atoms with van der Waals surface area (Å²) in [5.41, 5.74) is 0.892. The van der Waals surface area contributed by atoms with Gasteiger partial charge in [-0.05, 0) is 11.6 Å². The lowest BCUT2D eigenvalue weighted by Crippen LogP contribution is -2.41. The minimum atomic E-state index is -1.66. The molecule has 1 heterocycles. The fourth-order valence-electron chi connectivity index (χ4n) is 2.48. The van der Waals surface area contributed by atoms with E-state index in [1.165, 1.54) is 4.90 Å². The van der Waals surface area contributed by atoms with Crippen molar-refractivity contribution >= 4 is 20.1 Å². The quantitative estimate of drug-likeness (QED) is 0.869. The van der Waals surface area contributed by atoms with Gasteiger partial charge in [-0.3, -0.25) is 4.90 Å². The molecule has 0 aromatic heterocycles. The highest BCUT2D eigenvalue weighted by Crippen LogP contribution is 2.27. The number of rotatable bonds is 3. The van der Waals surface area contributed by atoms with Crippen molar-refractivity contribution in [2.24, 2.45) is 0 Å². The van der Waals surface area contributed by atoms with Crippen LogP contribution in [0.5, 0.6) is 0 Å². The first-order valence-electron chi connectivity index (χ1n) is 6.59. The van der Waals surface area contributed by atoms with Gasteiger partial charge in [0, 0.05) is 6.17 Å². The molecule has 6 heteroatoms. The molecule has 1 amide bonds. The Kier molecular flexibility index (Phi) is 4.13. The maximum absolute atomic E-state index is 12.1. The van der Waals surface area contributed by atoms with Crippen molar-refractivity contribution < 1.29 is 19.4 Å². The van der Waals surface area contributed by atoms with Crippen LogP contribution in [-0.2, 0) is 16.1 Å². The summed E-state index contributed by atoms with van der Waals surface area (Å²) in [6, 6.07) is 9.21. The van der Waals surface area contributed by atoms with Gasteiger partial charge in [0.05, 0.1) is 8.07 Å². The van der Waals surface area contributed by atoms with Gasteiger partial charge in [-0.25, -0.2) is 9.59 Å². The minimum Gasteiger partial charge on any atom is -0.480 e. The summed E-state index contributed by atoms with van der Waals surface area (Å²) in [5.74, 6) is -0.945. The summed E-state index contributed by atoms with van der Waals surface area (Å²) in [6.45, 7) is 4.35. The molecule has 0 saturated carbocycles. The van der Waals surface area contributed by atoms with Crippen LogP contribution < -0.4 is 0 Å². The van der Waals surface area contributed by atoms with Gasteiger partial charge in [0.1, 0.15) is 12.6 Å². The van der Waals surface area contributed by atoms with Gasteiger partial charge in [0.2, 0.25) is 0 Å². The van der Waals surface area contributed by atoms with Gasteiger partial charge in [-0.15, -0.1) is 0 Å². The number of amides is 1. The second kappa shape index (κ2) is 5.66. The van der Waals surface area contributed by atoms with Crippen LogP contribution in [0.4, 0.5) is 4.79 Å².